The molecule has 0 radical (unpaired) electrons. The summed E-state index contributed by atoms with van der Waals surface area (Å²) < 4.78 is 0. The maximum absolute atomic E-state index is 12.2. The molecule has 0 saturated heterocycles. The van der Waals surface area contributed by atoms with Crippen LogP contribution in [-0.4, -0.2) is 16.9 Å². The van der Waals surface area contributed by atoms with Gasteiger partial charge in [0.1, 0.15) is 11.7 Å². The van der Waals surface area contributed by atoms with Crippen molar-refractivity contribution >= 4 is 11.8 Å². The zero-order chi connectivity index (χ0) is 20.2. The third-order valence-corrected chi connectivity index (χ3v) is 5.56. The Hall–Kier alpha value is -0.860. The fraction of sp³-hybridized carbons (Fsp3) is 0.917. The third-order valence-electron chi connectivity index (χ3n) is 5.56. The van der Waals surface area contributed by atoms with Crippen LogP contribution in [0.2, 0.25) is 0 Å². The Morgan fingerprint density at radius 2 is 0.963 bits per heavy atom. The minimum absolute atomic E-state index is 0.0536. The highest BCUT2D eigenvalue weighted by Crippen LogP contribution is 2.18. The summed E-state index contributed by atoms with van der Waals surface area (Å²) in [6.07, 6.45) is 21.6. The van der Waals surface area contributed by atoms with Gasteiger partial charge in [-0.05, 0) is 12.8 Å². The van der Waals surface area contributed by atoms with Crippen molar-refractivity contribution in [2.75, 3.05) is 0 Å². The van der Waals surface area contributed by atoms with Gasteiger partial charge in [0, 0.05) is 6.42 Å². The molecule has 0 spiro atoms. The van der Waals surface area contributed by atoms with Crippen LogP contribution in [0.15, 0.2) is 0 Å². The van der Waals surface area contributed by atoms with E-state index in [1.54, 1.807) is 0 Å². The molecular formula is C24H46O3. The van der Waals surface area contributed by atoms with Crippen molar-refractivity contribution in [3.05, 3.63) is 0 Å². The smallest absolute Gasteiger partial charge is 0.314 e. The second-order valence-electron chi connectivity index (χ2n) is 8.20. The van der Waals surface area contributed by atoms with Gasteiger partial charge in [-0.3, -0.25) is 9.59 Å². The number of ketones is 1. The molecule has 160 valence electrons. The highest BCUT2D eigenvalue weighted by atomic mass is 16.4. The molecule has 0 amide bonds. The Bertz CT molecular complexity index is 352. The zero-order valence-corrected chi connectivity index (χ0v) is 18.3. The SMILES string of the molecule is CCCCCCCCCCCCCCC(C(=O)O)C(=O)CCCCCCC. The molecule has 0 saturated carbocycles. The van der Waals surface area contributed by atoms with E-state index in [0.717, 1.165) is 32.1 Å². The summed E-state index contributed by atoms with van der Waals surface area (Å²) in [7, 11) is 0. The van der Waals surface area contributed by atoms with Crippen LogP contribution in [0.4, 0.5) is 0 Å². The number of Topliss-reactive ketones (excluding diaryl/α,β-unsaturated/α-hetero) is 1. The molecule has 1 unspecified atom stereocenters. The van der Waals surface area contributed by atoms with Gasteiger partial charge in [-0.1, -0.05) is 117 Å². The Morgan fingerprint density at radius 1 is 0.593 bits per heavy atom. The number of carbonyl (C=O) groups is 2. The van der Waals surface area contributed by atoms with E-state index in [1.165, 1.54) is 77.0 Å². The standard InChI is InChI=1S/C24H46O3/c1-3-5-7-9-10-11-12-13-14-15-17-18-20-22(24(26)27)23(25)21-19-16-8-6-4-2/h22H,3-21H2,1-2H3,(H,26,27). The van der Waals surface area contributed by atoms with Crippen molar-refractivity contribution < 1.29 is 14.7 Å². The largest absolute Gasteiger partial charge is 0.481 e. The summed E-state index contributed by atoms with van der Waals surface area (Å²) in [5, 5.41) is 9.34. The van der Waals surface area contributed by atoms with E-state index in [4.69, 9.17) is 0 Å². The predicted molar refractivity (Wildman–Crippen MR) is 115 cm³/mol. The van der Waals surface area contributed by atoms with Crippen LogP contribution in [0.5, 0.6) is 0 Å². The molecule has 0 aromatic rings. The van der Waals surface area contributed by atoms with Crippen molar-refractivity contribution in [1.82, 2.24) is 0 Å². The predicted octanol–water partition coefficient (Wildman–Crippen LogP) is 7.71. The number of aliphatic carboxylic acids is 1. The highest BCUT2D eigenvalue weighted by Gasteiger charge is 2.24. The van der Waals surface area contributed by atoms with Crippen LogP contribution in [0.1, 0.15) is 136 Å². The Kier molecular flexibility index (Phi) is 19.3. The van der Waals surface area contributed by atoms with Gasteiger partial charge in [-0.2, -0.15) is 0 Å². The highest BCUT2D eigenvalue weighted by molar-refractivity contribution is 5.98. The molecule has 0 aromatic carbocycles. The molecule has 0 aromatic heterocycles. The maximum Gasteiger partial charge on any atom is 0.314 e. The monoisotopic (exact) mass is 382 g/mol. The lowest BCUT2D eigenvalue weighted by atomic mass is 9.93. The van der Waals surface area contributed by atoms with Gasteiger partial charge in [-0.15, -0.1) is 0 Å². The number of rotatable bonds is 21. The number of unbranched alkanes of at least 4 members (excludes halogenated alkanes) is 15. The van der Waals surface area contributed by atoms with Gasteiger partial charge in [0.25, 0.3) is 0 Å². The second kappa shape index (κ2) is 19.9. The number of carboxylic acid groups (broad SMARTS) is 1. The molecule has 1 atom stereocenters. The first-order valence-electron chi connectivity index (χ1n) is 11.9. The molecule has 0 heterocycles. The van der Waals surface area contributed by atoms with Crippen LogP contribution in [0.3, 0.4) is 0 Å². The van der Waals surface area contributed by atoms with Crippen molar-refractivity contribution in [2.24, 2.45) is 5.92 Å². The Labute approximate surface area is 168 Å². The van der Waals surface area contributed by atoms with E-state index in [0.29, 0.717) is 12.8 Å². The molecule has 0 fully saturated rings. The lowest BCUT2D eigenvalue weighted by molar-refractivity contribution is -0.146. The van der Waals surface area contributed by atoms with Gasteiger partial charge in [0.2, 0.25) is 0 Å². The molecule has 3 heteroatoms. The molecule has 0 aliphatic carbocycles. The lowest BCUT2D eigenvalue weighted by Gasteiger charge is -2.11. The van der Waals surface area contributed by atoms with Gasteiger partial charge < -0.3 is 5.11 Å². The second-order valence-corrected chi connectivity index (χ2v) is 8.20. The first-order valence-corrected chi connectivity index (χ1v) is 11.9. The Morgan fingerprint density at radius 3 is 1.37 bits per heavy atom. The third kappa shape index (κ3) is 17.0. The van der Waals surface area contributed by atoms with Gasteiger partial charge in [0.15, 0.2) is 0 Å². The summed E-state index contributed by atoms with van der Waals surface area (Å²) in [6, 6.07) is 0. The molecule has 0 aliphatic rings. The molecule has 0 bridgehead atoms. The summed E-state index contributed by atoms with van der Waals surface area (Å²) >= 11 is 0. The molecule has 3 nitrogen and oxygen atoms in total. The van der Waals surface area contributed by atoms with Crippen LogP contribution >= 0.6 is 0 Å². The van der Waals surface area contributed by atoms with E-state index >= 15 is 0 Å². The molecule has 1 N–H and O–H groups in total. The van der Waals surface area contributed by atoms with E-state index in [-0.39, 0.29) is 5.78 Å². The minimum Gasteiger partial charge on any atom is -0.481 e. The summed E-state index contributed by atoms with van der Waals surface area (Å²) in [4.78, 5) is 23.6. The number of carboxylic acids is 1. The Balaban J connectivity index is 3.61. The minimum atomic E-state index is -0.920. The van der Waals surface area contributed by atoms with Crippen molar-refractivity contribution in [3.63, 3.8) is 0 Å². The average Bonchev–Trinajstić information content (AvgIpc) is 2.65. The lowest BCUT2D eigenvalue weighted by Crippen LogP contribution is -2.23. The molecule has 0 rings (SSSR count). The van der Waals surface area contributed by atoms with Crippen molar-refractivity contribution in [1.29, 1.82) is 0 Å². The summed E-state index contributed by atoms with van der Waals surface area (Å²) in [6.45, 7) is 4.42. The van der Waals surface area contributed by atoms with Crippen molar-refractivity contribution in [2.45, 2.75) is 136 Å². The van der Waals surface area contributed by atoms with Gasteiger partial charge in [-0.25, -0.2) is 0 Å². The fourth-order valence-corrected chi connectivity index (χ4v) is 3.69. The normalized spacial score (nSPS) is 12.2. The number of hydrogen-bond donors (Lipinski definition) is 1. The molecule has 27 heavy (non-hydrogen) atoms. The average molecular weight is 383 g/mol. The van der Waals surface area contributed by atoms with Crippen LogP contribution in [-0.2, 0) is 9.59 Å². The van der Waals surface area contributed by atoms with E-state index in [2.05, 4.69) is 13.8 Å². The van der Waals surface area contributed by atoms with E-state index in [9.17, 15) is 14.7 Å². The number of hydrogen-bond acceptors (Lipinski definition) is 2. The van der Waals surface area contributed by atoms with Gasteiger partial charge in [0.05, 0.1) is 0 Å². The van der Waals surface area contributed by atoms with E-state index < -0.39 is 11.9 Å². The number of carbonyl (C=O) groups excluding carboxylic acids is 1. The quantitative estimate of drug-likeness (QED) is 0.163. The topological polar surface area (TPSA) is 54.4 Å². The van der Waals surface area contributed by atoms with E-state index in [1.807, 2.05) is 0 Å². The summed E-state index contributed by atoms with van der Waals surface area (Å²) in [5.74, 6) is -1.74. The van der Waals surface area contributed by atoms with Gasteiger partial charge >= 0.3 is 5.97 Å². The first-order chi connectivity index (χ1) is 13.1. The molecular weight excluding hydrogens is 336 g/mol. The van der Waals surface area contributed by atoms with Crippen molar-refractivity contribution in [3.8, 4) is 0 Å². The molecule has 0 aliphatic heterocycles. The summed E-state index contributed by atoms with van der Waals surface area (Å²) in [5.41, 5.74) is 0. The first kappa shape index (κ1) is 26.1. The van der Waals surface area contributed by atoms with Crippen LogP contribution < -0.4 is 0 Å². The van der Waals surface area contributed by atoms with Crippen LogP contribution in [0, 0.1) is 5.92 Å². The van der Waals surface area contributed by atoms with Crippen LogP contribution in [0.25, 0.3) is 0 Å². The maximum atomic E-state index is 12.2. The fourth-order valence-electron chi connectivity index (χ4n) is 3.69. The zero-order valence-electron chi connectivity index (χ0n) is 18.3.